The Bertz CT molecular complexity index is 519. The SMILES string of the molecule is CCCCCCCCCCCCCCC(O)C1OC(=O)NC1CO[Si](C(C)C)(C(C)C)C(C)C. The van der Waals surface area contributed by atoms with E-state index >= 15 is 0 Å². The van der Waals surface area contributed by atoms with Crippen molar-refractivity contribution in [2.75, 3.05) is 6.61 Å². The van der Waals surface area contributed by atoms with Gasteiger partial charge in [-0.05, 0) is 23.0 Å². The zero-order valence-corrected chi connectivity index (χ0v) is 24.5. The summed E-state index contributed by atoms with van der Waals surface area (Å²) in [5, 5.41) is 13.7. The number of hydrogen-bond donors (Lipinski definition) is 2. The third kappa shape index (κ3) is 10.2. The van der Waals surface area contributed by atoms with E-state index in [1.54, 1.807) is 0 Å². The number of aliphatic hydroxyl groups excluding tert-OH is 1. The van der Waals surface area contributed by atoms with Crippen LogP contribution >= 0.6 is 0 Å². The van der Waals surface area contributed by atoms with Crippen molar-refractivity contribution in [3.63, 3.8) is 0 Å². The average molecular weight is 500 g/mol. The molecule has 34 heavy (non-hydrogen) atoms. The molecular weight excluding hydrogens is 442 g/mol. The van der Waals surface area contributed by atoms with Crippen LogP contribution in [0.15, 0.2) is 0 Å². The summed E-state index contributed by atoms with van der Waals surface area (Å²) in [6.07, 6.45) is 14.6. The van der Waals surface area contributed by atoms with Gasteiger partial charge in [0.15, 0.2) is 14.4 Å². The number of aliphatic hydroxyl groups is 1. The van der Waals surface area contributed by atoms with E-state index in [4.69, 9.17) is 9.16 Å². The Balaban J connectivity index is 2.34. The van der Waals surface area contributed by atoms with Crippen LogP contribution in [-0.4, -0.2) is 44.4 Å². The monoisotopic (exact) mass is 499 g/mol. The van der Waals surface area contributed by atoms with Gasteiger partial charge < -0.3 is 19.6 Å². The molecule has 202 valence electrons. The number of hydrogen-bond acceptors (Lipinski definition) is 4. The summed E-state index contributed by atoms with van der Waals surface area (Å²) >= 11 is 0. The van der Waals surface area contributed by atoms with E-state index in [-0.39, 0.29) is 6.04 Å². The minimum Gasteiger partial charge on any atom is -0.441 e. The number of alkyl carbamates (subject to hydrolysis) is 1. The summed E-state index contributed by atoms with van der Waals surface area (Å²) in [5.74, 6) is 0. The molecule has 1 aliphatic heterocycles. The number of carbonyl (C=O) groups excluding carboxylic acids is 1. The molecule has 1 aliphatic rings. The van der Waals surface area contributed by atoms with Crippen molar-refractivity contribution >= 4 is 14.4 Å². The summed E-state index contributed by atoms with van der Waals surface area (Å²) in [4.78, 5) is 12.0. The van der Waals surface area contributed by atoms with Crippen LogP contribution in [0.4, 0.5) is 4.79 Å². The van der Waals surface area contributed by atoms with Gasteiger partial charge in [-0.1, -0.05) is 126 Å². The van der Waals surface area contributed by atoms with E-state index in [1.165, 1.54) is 64.2 Å². The van der Waals surface area contributed by atoms with Gasteiger partial charge in [-0.3, -0.25) is 0 Å². The molecule has 3 unspecified atom stereocenters. The molecule has 0 saturated carbocycles. The van der Waals surface area contributed by atoms with Crippen LogP contribution in [0.1, 0.15) is 132 Å². The minimum absolute atomic E-state index is 0.275. The normalized spacial score (nSPS) is 19.8. The van der Waals surface area contributed by atoms with Gasteiger partial charge in [0.1, 0.15) is 0 Å². The van der Waals surface area contributed by atoms with Crippen LogP contribution in [0.3, 0.4) is 0 Å². The maximum atomic E-state index is 12.0. The molecule has 0 aromatic rings. The van der Waals surface area contributed by atoms with Gasteiger partial charge in [-0.2, -0.15) is 0 Å². The first-order chi connectivity index (χ1) is 16.2. The lowest BCUT2D eigenvalue weighted by atomic mass is 10.00. The summed E-state index contributed by atoms with van der Waals surface area (Å²) in [5.41, 5.74) is 1.44. The van der Waals surface area contributed by atoms with E-state index < -0.39 is 26.6 Å². The van der Waals surface area contributed by atoms with Gasteiger partial charge in [0, 0.05) is 0 Å². The number of amides is 1. The lowest BCUT2D eigenvalue weighted by molar-refractivity contribution is 0.00564. The Morgan fingerprint density at radius 3 is 1.71 bits per heavy atom. The highest BCUT2D eigenvalue weighted by Gasteiger charge is 2.47. The van der Waals surface area contributed by atoms with Gasteiger partial charge in [0.25, 0.3) is 0 Å². The molecule has 0 bridgehead atoms. The molecule has 1 amide bonds. The number of cyclic esters (lactones) is 1. The standard InChI is InChI=1S/C28H57NO4Si/c1-8-9-10-11-12-13-14-15-16-17-18-19-20-26(30)27-25(29-28(31)33-27)21-32-34(22(2)3,23(4)5)24(6)7/h22-27,30H,8-21H2,1-7H3,(H,29,31). The Morgan fingerprint density at radius 2 is 1.26 bits per heavy atom. The Morgan fingerprint density at radius 1 is 0.824 bits per heavy atom. The Kier molecular flexibility index (Phi) is 15.7. The molecular formula is C28H57NO4Si. The molecule has 2 N–H and O–H groups in total. The molecule has 5 nitrogen and oxygen atoms in total. The van der Waals surface area contributed by atoms with E-state index in [2.05, 4.69) is 53.8 Å². The van der Waals surface area contributed by atoms with E-state index in [9.17, 15) is 9.90 Å². The highest BCUT2D eigenvalue weighted by molar-refractivity contribution is 6.77. The highest BCUT2D eigenvalue weighted by atomic mass is 28.4. The van der Waals surface area contributed by atoms with Crippen LogP contribution in [0.25, 0.3) is 0 Å². The van der Waals surface area contributed by atoms with Gasteiger partial charge >= 0.3 is 6.09 Å². The maximum absolute atomic E-state index is 12.0. The number of rotatable bonds is 20. The summed E-state index contributed by atoms with van der Waals surface area (Å²) in [6, 6.07) is -0.275. The molecule has 0 aliphatic carbocycles. The van der Waals surface area contributed by atoms with Gasteiger partial charge in [0.05, 0.1) is 18.8 Å². The van der Waals surface area contributed by atoms with Crippen molar-refractivity contribution in [3.05, 3.63) is 0 Å². The Labute approximate surface area is 212 Å². The second-order valence-electron chi connectivity index (χ2n) is 11.5. The van der Waals surface area contributed by atoms with Crippen molar-refractivity contribution in [2.24, 2.45) is 0 Å². The fourth-order valence-electron chi connectivity index (χ4n) is 6.05. The van der Waals surface area contributed by atoms with E-state index in [0.29, 0.717) is 29.7 Å². The predicted octanol–water partition coefficient (Wildman–Crippen LogP) is 8.11. The van der Waals surface area contributed by atoms with Gasteiger partial charge in [-0.15, -0.1) is 0 Å². The third-order valence-corrected chi connectivity index (χ3v) is 14.0. The zero-order valence-electron chi connectivity index (χ0n) is 23.5. The molecule has 1 rings (SSSR count). The van der Waals surface area contributed by atoms with E-state index in [1.807, 2.05) is 0 Å². The van der Waals surface area contributed by atoms with Crippen LogP contribution in [0.5, 0.6) is 0 Å². The van der Waals surface area contributed by atoms with Crippen LogP contribution in [0.2, 0.25) is 16.6 Å². The molecule has 6 heteroatoms. The first-order valence-corrected chi connectivity index (χ1v) is 16.6. The predicted molar refractivity (Wildman–Crippen MR) is 146 cm³/mol. The van der Waals surface area contributed by atoms with Gasteiger partial charge in [-0.25, -0.2) is 4.79 Å². The van der Waals surface area contributed by atoms with Crippen molar-refractivity contribution < 1.29 is 19.1 Å². The molecule has 0 spiro atoms. The summed E-state index contributed by atoms with van der Waals surface area (Å²) < 4.78 is 12.2. The largest absolute Gasteiger partial charge is 0.441 e. The summed E-state index contributed by atoms with van der Waals surface area (Å²) in [7, 11) is -2.03. The number of nitrogens with one attached hydrogen (secondary N) is 1. The first-order valence-electron chi connectivity index (χ1n) is 14.5. The molecule has 0 aromatic heterocycles. The second kappa shape index (κ2) is 17.0. The maximum Gasteiger partial charge on any atom is 0.408 e. The highest BCUT2D eigenvalue weighted by Crippen LogP contribution is 2.42. The molecule has 0 radical (unpaired) electrons. The van der Waals surface area contributed by atoms with Crippen LogP contribution in [0, 0.1) is 0 Å². The molecule has 1 fully saturated rings. The zero-order chi connectivity index (χ0) is 25.6. The lowest BCUT2D eigenvalue weighted by Gasteiger charge is -2.43. The third-order valence-electron chi connectivity index (χ3n) is 7.90. The van der Waals surface area contributed by atoms with Gasteiger partial charge in [0.2, 0.25) is 0 Å². The molecule has 1 saturated heterocycles. The molecule has 0 aromatic carbocycles. The lowest BCUT2D eigenvalue weighted by Crippen LogP contribution is -2.52. The van der Waals surface area contributed by atoms with Crippen molar-refractivity contribution in [3.8, 4) is 0 Å². The van der Waals surface area contributed by atoms with Crippen LogP contribution in [-0.2, 0) is 9.16 Å². The number of ether oxygens (including phenoxy) is 1. The smallest absolute Gasteiger partial charge is 0.408 e. The average Bonchev–Trinajstić information content (AvgIpc) is 3.14. The van der Waals surface area contributed by atoms with Crippen molar-refractivity contribution in [1.82, 2.24) is 5.32 Å². The number of carbonyl (C=O) groups is 1. The summed E-state index contributed by atoms with van der Waals surface area (Å²) in [6.45, 7) is 16.2. The Hall–Kier alpha value is -0.593. The number of unbranched alkanes of at least 4 members (excludes halogenated alkanes) is 11. The fourth-order valence-corrected chi connectivity index (χ4v) is 11.5. The van der Waals surface area contributed by atoms with Crippen molar-refractivity contribution in [2.45, 2.75) is 167 Å². The topological polar surface area (TPSA) is 67.8 Å². The van der Waals surface area contributed by atoms with E-state index in [0.717, 1.165) is 12.8 Å². The second-order valence-corrected chi connectivity index (χ2v) is 17.0. The molecule has 1 heterocycles. The van der Waals surface area contributed by atoms with Crippen LogP contribution < -0.4 is 5.32 Å². The quantitative estimate of drug-likeness (QED) is 0.131. The first kappa shape index (κ1) is 31.4. The minimum atomic E-state index is -2.03. The van der Waals surface area contributed by atoms with Crippen molar-refractivity contribution in [1.29, 1.82) is 0 Å². The fraction of sp³-hybridized carbons (Fsp3) is 0.964. The molecule has 3 atom stereocenters.